The molecule has 5 heteroatoms. The zero-order valence-electron chi connectivity index (χ0n) is 16.2. The number of nitrogens with zero attached hydrogens (tertiary/aromatic N) is 3. The van der Waals surface area contributed by atoms with Gasteiger partial charge in [0, 0.05) is 44.7 Å². The Hall–Kier alpha value is -1.75. The Balaban J connectivity index is 1.29. The molecule has 1 aromatic carbocycles. The lowest BCUT2D eigenvalue weighted by molar-refractivity contribution is -0.131. The van der Waals surface area contributed by atoms with Gasteiger partial charge < -0.3 is 15.1 Å². The van der Waals surface area contributed by atoms with Crippen LogP contribution in [0.1, 0.15) is 39.5 Å². The van der Waals surface area contributed by atoms with Crippen LogP contribution in [-0.4, -0.2) is 60.6 Å². The number of carbonyl (C=O) groups excluding carboxylic acids is 1. The van der Waals surface area contributed by atoms with Gasteiger partial charge in [-0.05, 0) is 37.3 Å². The van der Waals surface area contributed by atoms with Gasteiger partial charge in [0.15, 0.2) is 0 Å². The van der Waals surface area contributed by atoms with E-state index in [4.69, 9.17) is 0 Å². The number of likely N-dealkylation sites (tertiary alicyclic amines) is 2. The van der Waals surface area contributed by atoms with Gasteiger partial charge in [0.25, 0.3) is 0 Å². The molecule has 0 saturated carbocycles. The van der Waals surface area contributed by atoms with E-state index in [1.165, 1.54) is 24.2 Å². The van der Waals surface area contributed by atoms with Crippen molar-refractivity contribution in [3.8, 4) is 0 Å². The zero-order chi connectivity index (χ0) is 18.1. The third kappa shape index (κ3) is 3.54. The highest BCUT2D eigenvalue weighted by molar-refractivity contribution is 5.76. The fourth-order valence-electron chi connectivity index (χ4n) is 4.76. The number of hydrogen-bond donors (Lipinski definition) is 1. The van der Waals surface area contributed by atoms with Crippen LogP contribution in [0.3, 0.4) is 0 Å². The van der Waals surface area contributed by atoms with Crippen molar-refractivity contribution in [3.05, 3.63) is 24.3 Å². The van der Waals surface area contributed by atoms with Crippen LogP contribution in [0.5, 0.6) is 0 Å². The molecule has 1 unspecified atom stereocenters. The number of anilines is 2. The third-order valence-electron chi connectivity index (χ3n) is 6.21. The Morgan fingerprint density at radius 3 is 2.62 bits per heavy atom. The van der Waals surface area contributed by atoms with E-state index < -0.39 is 0 Å². The normalized spacial score (nSPS) is 24.2. The maximum Gasteiger partial charge on any atom is 0.222 e. The molecule has 4 rings (SSSR count). The minimum Gasteiger partial charge on any atom is -0.366 e. The first-order valence-corrected chi connectivity index (χ1v) is 10.2. The second kappa shape index (κ2) is 7.47. The fraction of sp³-hybridized carbons (Fsp3) is 0.667. The average Bonchev–Trinajstić information content (AvgIpc) is 3.29. The summed E-state index contributed by atoms with van der Waals surface area (Å²) in [6, 6.07) is 9.83. The topological polar surface area (TPSA) is 38.8 Å². The van der Waals surface area contributed by atoms with Gasteiger partial charge >= 0.3 is 0 Å². The molecule has 1 N–H and O–H groups in total. The van der Waals surface area contributed by atoms with Gasteiger partial charge in [-0.2, -0.15) is 0 Å². The second-order valence-electron chi connectivity index (χ2n) is 8.47. The van der Waals surface area contributed by atoms with Gasteiger partial charge in [0.2, 0.25) is 5.91 Å². The summed E-state index contributed by atoms with van der Waals surface area (Å²) in [5, 5.41) is 3.52. The van der Waals surface area contributed by atoms with Crippen molar-refractivity contribution in [2.75, 3.05) is 43.1 Å². The van der Waals surface area contributed by atoms with Crippen LogP contribution >= 0.6 is 0 Å². The number of benzene rings is 1. The van der Waals surface area contributed by atoms with E-state index in [2.05, 4.69) is 58.1 Å². The molecule has 3 heterocycles. The van der Waals surface area contributed by atoms with Gasteiger partial charge in [0.1, 0.15) is 0 Å². The van der Waals surface area contributed by atoms with Crippen molar-refractivity contribution in [2.24, 2.45) is 5.92 Å². The van der Waals surface area contributed by atoms with Crippen LogP contribution in [0.2, 0.25) is 0 Å². The molecular formula is C21H32N4O. The zero-order valence-corrected chi connectivity index (χ0v) is 16.2. The largest absolute Gasteiger partial charge is 0.366 e. The minimum atomic E-state index is 0.345. The summed E-state index contributed by atoms with van der Waals surface area (Å²) < 4.78 is 0. The molecule has 1 aromatic rings. The molecule has 1 atom stereocenters. The first-order valence-electron chi connectivity index (χ1n) is 10.2. The number of carbonyl (C=O) groups is 1. The van der Waals surface area contributed by atoms with Gasteiger partial charge in [-0.1, -0.05) is 26.0 Å². The molecule has 26 heavy (non-hydrogen) atoms. The fourth-order valence-corrected chi connectivity index (χ4v) is 4.76. The highest BCUT2D eigenvalue weighted by Gasteiger charge is 2.34. The molecule has 0 radical (unpaired) electrons. The number of rotatable bonds is 4. The molecule has 5 nitrogen and oxygen atoms in total. The lowest BCUT2D eigenvalue weighted by Crippen LogP contribution is -2.49. The van der Waals surface area contributed by atoms with Gasteiger partial charge in [-0.3, -0.25) is 9.69 Å². The molecule has 0 spiro atoms. The van der Waals surface area contributed by atoms with E-state index in [9.17, 15) is 4.79 Å². The Bertz CT molecular complexity index is 639. The van der Waals surface area contributed by atoms with Gasteiger partial charge in [0.05, 0.1) is 18.0 Å². The van der Waals surface area contributed by atoms with Gasteiger partial charge in [-0.15, -0.1) is 0 Å². The van der Waals surface area contributed by atoms with E-state index in [0.717, 1.165) is 39.3 Å². The first-order chi connectivity index (χ1) is 12.6. The second-order valence-corrected chi connectivity index (χ2v) is 8.47. The number of amides is 1. The maximum atomic E-state index is 12.3. The quantitative estimate of drug-likeness (QED) is 0.900. The molecule has 0 aliphatic carbocycles. The highest BCUT2D eigenvalue weighted by atomic mass is 16.2. The van der Waals surface area contributed by atoms with E-state index in [0.29, 0.717) is 30.3 Å². The van der Waals surface area contributed by atoms with Crippen molar-refractivity contribution in [3.63, 3.8) is 0 Å². The van der Waals surface area contributed by atoms with Crippen molar-refractivity contribution in [1.29, 1.82) is 0 Å². The van der Waals surface area contributed by atoms with Crippen LogP contribution in [0.15, 0.2) is 24.3 Å². The standard InChI is InChI=1S/C21H32N4O/c1-16(2)13-21(26)24-12-9-18(14-24)23-10-7-17(8-11-23)25-15-22-19-5-3-4-6-20(19)25/h3-6,16-18,22H,7-15H2,1-2H3. The monoisotopic (exact) mass is 356 g/mol. The van der Waals surface area contributed by atoms with E-state index >= 15 is 0 Å². The smallest absolute Gasteiger partial charge is 0.222 e. The third-order valence-corrected chi connectivity index (χ3v) is 6.21. The lowest BCUT2D eigenvalue weighted by atomic mass is 10.0. The summed E-state index contributed by atoms with van der Waals surface area (Å²) in [5.74, 6) is 0.798. The van der Waals surface area contributed by atoms with Crippen LogP contribution in [0.25, 0.3) is 0 Å². The Morgan fingerprint density at radius 2 is 1.85 bits per heavy atom. The molecule has 0 bridgehead atoms. The SMILES string of the molecule is CC(C)CC(=O)N1CCC(N2CCC(N3CNc4ccccc43)CC2)C1. The average molecular weight is 357 g/mol. The summed E-state index contributed by atoms with van der Waals surface area (Å²) in [6.45, 7) is 9.37. The summed E-state index contributed by atoms with van der Waals surface area (Å²) in [7, 11) is 0. The summed E-state index contributed by atoms with van der Waals surface area (Å²) in [5.41, 5.74) is 2.63. The predicted octanol–water partition coefficient (Wildman–Crippen LogP) is 2.99. The van der Waals surface area contributed by atoms with Crippen LogP contribution < -0.4 is 10.2 Å². The number of hydrogen-bond acceptors (Lipinski definition) is 4. The highest BCUT2D eigenvalue weighted by Crippen LogP contribution is 2.35. The Labute approximate surface area is 157 Å². The van der Waals surface area contributed by atoms with Crippen molar-refractivity contribution < 1.29 is 4.79 Å². The summed E-state index contributed by atoms with van der Waals surface area (Å²) >= 11 is 0. The number of piperidine rings is 1. The van der Waals surface area contributed by atoms with E-state index in [1.807, 2.05) is 0 Å². The van der Waals surface area contributed by atoms with Crippen molar-refractivity contribution in [1.82, 2.24) is 9.80 Å². The van der Waals surface area contributed by atoms with Crippen LogP contribution in [0, 0.1) is 5.92 Å². The van der Waals surface area contributed by atoms with Crippen LogP contribution in [-0.2, 0) is 4.79 Å². The molecule has 3 aliphatic heterocycles. The maximum absolute atomic E-state index is 12.3. The van der Waals surface area contributed by atoms with Crippen LogP contribution in [0.4, 0.5) is 11.4 Å². The van der Waals surface area contributed by atoms with Crippen molar-refractivity contribution in [2.45, 2.75) is 51.6 Å². The molecular weight excluding hydrogens is 324 g/mol. The molecule has 3 aliphatic rings. The van der Waals surface area contributed by atoms with Crippen molar-refractivity contribution >= 4 is 17.3 Å². The molecule has 1 amide bonds. The summed E-state index contributed by atoms with van der Waals surface area (Å²) in [6.07, 6.45) is 4.26. The Morgan fingerprint density at radius 1 is 1.12 bits per heavy atom. The van der Waals surface area contributed by atoms with E-state index in [1.54, 1.807) is 0 Å². The number of fused-ring (bicyclic) bond motifs is 1. The first kappa shape index (κ1) is 17.7. The minimum absolute atomic E-state index is 0.345. The molecule has 2 fully saturated rings. The number of nitrogens with one attached hydrogen (secondary N) is 1. The number of para-hydroxylation sites is 2. The molecule has 0 aromatic heterocycles. The summed E-state index contributed by atoms with van der Waals surface area (Å²) in [4.78, 5) is 19.6. The Kier molecular flexibility index (Phi) is 5.07. The molecule has 2 saturated heterocycles. The predicted molar refractivity (Wildman–Crippen MR) is 106 cm³/mol. The van der Waals surface area contributed by atoms with E-state index in [-0.39, 0.29) is 0 Å². The van der Waals surface area contributed by atoms with Gasteiger partial charge in [-0.25, -0.2) is 0 Å². The molecule has 142 valence electrons. The lowest BCUT2D eigenvalue weighted by Gasteiger charge is -2.40.